The Morgan fingerprint density at radius 2 is 1.94 bits per heavy atom. The first-order valence-corrected chi connectivity index (χ1v) is 13.9. The van der Waals surface area contributed by atoms with Gasteiger partial charge in [-0.25, -0.2) is 0 Å². The van der Waals surface area contributed by atoms with Crippen molar-refractivity contribution in [3.63, 3.8) is 0 Å². The zero-order valence-corrected chi connectivity index (χ0v) is 20.7. The molecule has 2 aliphatic heterocycles. The van der Waals surface area contributed by atoms with Crippen molar-refractivity contribution in [1.29, 1.82) is 0 Å². The summed E-state index contributed by atoms with van der Waals surface area (Å²) in [5.74, 6) is 2.59. The molecule has 0 amide bonds. The van der Waals surface area contributed by atoms with Gasteiger partial charge < -0.3 is 19.7 Å². The van der Waals surface area contributed by atoms with Gasteiger partial charge in [0.2, 0.25) is 0 Å². The van der Waals surface area contributed by atoms with Crippen molar-refractivity contribution in [2.24, 2.45) is 23.2 Å². The SMILES string of the molecule is COC12CCC3(CC1C(C)(O)CC1CC1)C1Cc4ccc(O)c5c4C3(CCN1CC1CC1)C2O5. The van der Waals surface area contributed by atoms with Crippen LogP contribution in [0.5, 0.6) is 11.5 Å². The molecular weight excluding hydrogens is 426 g/mol. The second kappa shape index (κ2) is 6.33. The average Bonchev–Trinajstić information content (AvgIpc) is 3.75. The fourth-order valence-corrected chi connectivity index (χ4v) is 10.2. The second-order valence-corrected chi connectivity index (χ2v) is 13.4. The standard InChI is InChI=1S/C29H39NO4/c1-26(32,14-17-3-4-17)21-15-27-9-10-29(21,33-2)25-28(27)11-12-30(16-18-5-6-18)22(27)13-19-7-8-20(31)24(34-25)23(19)28/h7-8,17-18,21-22,25,31-32H,3-6,9-16H2,1-2H3. The first kappa shape index (κ1) is 20.8. The van der Waals surface area contributed by atoms with Crippen LogP contribution in [-0.4, -0.2) is 58.7 Å². The van der Waals surface area contributed by atoms with Gasteiger partial charge >= 0.3 is 0 Å². The van der Waals surface area contributed by atoms with E-state index in [2.05, 4.69) is 17.9 Å². The van der Waals surface area contributed by atoms with Crippen LogP contribution in [0.1, 0.15) is 75.8 Å². The third-order valence-electron chi connectivity index (χ3n) is 11.8. The molecule has 2 spiro atoms. The van der Waals surface area contributed by atoms with Crippen molar-refractivity contribution in [3.8, 4) is 11.5 Å². The van der Waals surface area contributed by atoms with Crippen molar-refractivity contribution in [3.05, 3.63) is 23.3 Å². The molecule has 1 aromatic rings. The molecule has 1 aromatic carbocycles. The highest BCUT2D eigenvalue weighted by Gasteiger charge is 2.82. The monoisotopic (exact) mass is 465 g/mol. The van der Waals surface area contributed by atoms with Crippen molar-refractivity contribution < 1.29 is 19.7 Å². The van der Waals surface area contributed by atoms with Gasteiger partial charge in [0.05, 0.1) is 5.60 Å². The van der Waals surface area contributed by atoms with E-state index in [1.54, 1.807) is 0 Å². The molecule has 0 aromatic heterocycles. The normalized spacial score (nSPS) is 45.6. The summed E-state index contributed by atoms with van der Waals surface area (Å²) in [6.45, 7) is 4.43. The number of aliphatic hydroxyl groups is 1. The van der Waals surface area contributed by atoms with Crippen LogP contribution in [0, 0.1) is 23.2 Å². The Kier molecular flexibility index (Phi) is 3.88. The van der Waals surface area contributed by atoms with Crippen LogP contribution in [0.15, 0.2) is 12.1 Å². The molecule has 7 atom stereocenters. The third kappa shape index (κ3) is 2.29. The van der Waals surface area contributed by atoms with Gasteiger partial charge in [0, 0.05) is 42.0 Å². The van der Waals surface area contributed by atoms with Crippen molar-refractivity contribution in [2.45, 2.75) is 99.9 Å². The highest BCUT2D eigenvalue weighted by atomic mass is 16.6. The first-order valence-electron chi connectivity index (χ1n) is 13.9. The largest absolute Gasteiger partial charge is 0.504 e. The van der Waals surface area contributed by atoms with Gasteiger partial charge in [-0.15, -0.1) is 0 Å². The quantitative estimate of drug-likeness (QED) is 0.660. The van der Waals surface area contributed by atoms with Gasteiger partial charge in [0.25, 0.3) is 0 Å². The lowest BCUT2D eigenvalue weighted by Crippen LogP contribution is -2.82. The van der Waals surface area contributed by atoms with Crippen LogP contribution in [0.25, 0.3) is 0 Å². The molecule has 5 heteroatoms. The predicted octanol–water partition coefficient (Wildman–Crippen LogP) is 4.17. The molecule has 184 valence electrons. The summed E-state index contributed by atoms with van der Waals surface area (Å²) < 4.78 is 13.5. The molecular formula is C29H39NO4. The highest BCUT2D eigenvalue weighted by molar-refractivity contribution is 5.63. The smallest absolute Gasteiger partial charge is 0.165 e. The van der Waals surface area contributed by atoms with Crippen molar-refractivity contribution in [1.82, 2.24) is 4.90 Å². The van der Waals surface area contributed by atoms with E-state index in [4.69, 9.17) is 9.47 Å². The van der Waals surface area contributed by atoms with Gasteiger partial charge in [0.15, 0.2) is 11.5 Å². The summed E-state index contributed by atoms with van der Waals surface area (Å²) in [7, 11) is 1.85. The Balaban J connectivity index is 1.34. The lowest BCUT2D eigenvalue weighted by Gasteiger charge is -2.75. The van der Waals surface area contributed by atoms with Gasteiger partial charge in [-0.3, -0.25) is 4.90 Å². The van der Waals surface area contributed by atoms with E-state index in [0.29, 0.717) is 12.0 Å². The molecule has 6 fully saturated rings. The van der Waals surface area contributed by atoms with Gasteiger partial charge in [0.1, 0.15) is 11.7 Å². The topological polar surface area (TPSA) is 62.2 Å². The van der Waals surface area contributed by atoms with E-state index in [0.717, 1.165) is 56.7 Å². The van der Waals surface area contributed by atoms with Crippen LogP contribution < -0.4 is 4.74 Å². The molecule has 5 nitrogen and oxygen atoms in total. The summed E-state index contributed by atoms with van der Waals surface area (Å²) in [6, 6.07) is 4.51. The summed E-state index contributed by atoms with van der Waals surface area (Å²) in [6.07, 6.45) is 11.2. The molecule has 7 unspecified atom stereocenters. The van der Waals surface area contributed by atoms with E-state index in [9.17, 15) is 10.2 Å². The Hall–Kier alpha value is -1.30. The van der Waals surface area contributed by atoms with E-state index < -0.39 is 11.2 Å². The number of ether oxygens (including phenoxy) is 2. The zero-order chi connectivity index (χ0) is 23.1. The number of phenols is 1. The number of hydrogen-bond donors (Lipinski definition) is 2. The van der Waals surface area contributed by atoms with E-state index in [-0.39, 0.29) is 28.6 Å². The lowest BCUT2D eigenvalue weighted by atomic mass is 9.33. The fraction of sp³-hybridized carbons (Fsp3) is 0.793. The Morgan fingerprint density at radius 1 is 1.15 bits per heavy atom. The molecule has 2 N–H and O–H groups in total. The number of piperidine rings is 1. The molecule has 2 heterocycles. The van der Waals surface area contributed by atoms with Gasteiger partial charge in [-0.1, -0.05) is 18.9 Å². The molecule has 1 saturated heterocycles. The number of aromatic hydroxyl groups is 1. The van der Waals surface area contributed by atoms with Gasteiger partial charge in [-0.05, 0) is 88.3 Å². The van der Waals surface area contributed by atoms with Crippen LogP contribution in [0.4, 0.5) is 0 Å². The average molecular weight is 466 g/mol. The summed E-state index contributed by atoms with van der Waals surface area (Å²) in [4.78, 5) is 2.84. The number of fused-ring (bicyclic) bond motifs is 2. The number of benzene rings is 1. The summed E-state index contributed by atoms with van der Waals surface area (Å²) in [5, 5.41) is 23.0. The Morgan fingerprint density at radius 3 is 2.68 bits per heavy atom. The molecule has 34 heavy (non-hydrogen) atoms. The summed E-state index contributed by atoms with van der Waals surface area (Å²) >= 11 is 0. The minimum atomic E-state index is -0.762. The van der Waals surface area contributed by atoms with Gasteiger partial charge in [-0.2, -0.15) is 0 Å². The van der Waals surface area contributed by atoms with Crippen LogP contribution in [-0.2, 0) is 16.6 Å². The maximum atomic E-state index is 12.1. The molecule has 4 bridgehead atoms. The number of rotatable bonds is 6. The fourth-order valence-electron chi connectivity index (χ4n) is 10.2. The van der Waals surface area contributed by atoms with Crippen LogP contribution in [0.3, 0.4) is 0 Å². The van der Waals surface area contributed by atoms with Crippen LogP contribution >= 0.6 is 0 Å². The Labute approximate surface area is 202 Å². The molecule has 9 rings (SSSR count). The third-order valence-corrected chi connectivity index (χ3v) is 11.8. The Bertz CT molecular complexity index is 1060. The maximum Gasteiger partial charge on any atom is 0.165 e. The number of nitrogens with zero attached hydrogens (tertiary/aromatic N) is 1. The number of hydrogen-bond acceptors (Lipinski definition) is 5. The number of phenolic OH excluding ortho intramolecular Hbond substituents is 1. The zero-order valence-electron chi connectivity index (χ0n) is 20.7. The number of methoxy groups -OCH3 is 1. The van der Waals surface area contributed by atoms with E-state index in [1.807, 2.05) is 13.2 Å². The van der Waals surface area contributed by atoms with Crippen LogP contribution in [0.2, 0.25) is 0 Å². The predicted molar refractivity (Wildman–Crippen MR) is 128 cm³/mol. The maximum absolute atomic E-state index is 12.1. The van der Waals surface area contributed by atoms with E-state index in [1.165, 1.54) is 43.4 Å². The molecule has 6 aliphatic carbocycles. The molecule has 8 aliphatic rings. The first-order chi connectivity index (χ1) is 16.3. The minimum absolute atomic E-state index is 0.0545. The van der Waals surface area contributed by atoms with Crippen molar-refractivity contribution >= 4 is 0 Å². The lowest BCUT2D eigenvalue weighted by molar-refractivity contribution is -0.303. The minimum Gasteiger partial charge on any atom is -0.504 e. The number of likely N-dealkylation sites (tertiary alicyclic amines) is 1. The van der Waals surface area contributed by atoms with Crippen molar-refractivity contribution in [2.75, 3.05) is 20.2 Å². The molecule has 0 radical (unpaired) electrons. The van der Waals surface area contributed by atoms with E-state index >= 15 is 0 Å². The molecule has 5 saturated carbocycles. The second-order valence-electron chi connectivity index (χ2n) is 13.4. The highest BCUT2D eigenvalue weighted by Crippen LogP contribution is 2.77. The summed E-state index contributed by atoms with van der Waals surface area (Å²) in [5.41, 5.74) is 1.38.